The molecule has 1 N–H and O–H groups in total. The van der Waals surface area contributed by atoms with E-state index in [-0.39, 0.29) is 5.91 Å². The minimum absolute atomic E-state index is 0.0667. The molecule has 1 aliphatic heterocycles. The van der Waals surface area contributed by atoms with Gasteiger partial charge in [0, 0.05) is 42.4 Å². The second-order valence-electron chi connectivity index (χ2n) is 6.86. The van der Waals surface area contributed by atoms with E-state index in [0.717, 1.165) is 43.7 Å². The van der Waals surface area contributed by atoms with Crippen LogP contribution in [0.5, 0.6) is 0 Å². The van der Waals surface area contributed by atoms with Crippen LogP contribution in [0.2, 0.25) is 0 Å². The van der Waals surface area contributed by atoms with Gasteiger partial charge in [0.15, 0.2) is 5.01 Å². The second-order valence-corrected chi connectivity index (χ2v) is 8.94. The molecule has 27 heavy (non-hydrogen) atoms. The number of aryl methyl sites for hydroxylation is 1. The molecule has 0 spiro atoms. The van der Waals surface area contributed by atoms with Crippen LogP contribution in [0.4, 0.5) is 0 Å². The summed E-state index contributed by atoms with van der Waals surface area (Å²) in [5, 5.41) is 5.75. The summed E-state index contributed by atoms with van der Waals surface area (Å²) in [5.74, 6) is -0.0667. The van der Waals surface area contributed by atoms with Crippen LogP contribution < -0.4 is 5.32 Å². The number of nitrogens with one attached hydrogen (secondary N) is 1. The maximum Gasteiger partial charge on any atom is 0.280 e. The van der Waals surface area contributed by atoms with Crippen molar-refractivity contribution in [2.45, 2.75) is 32.9 Å². The highest BCUT2D eigenvalue weighted by atomic mass is 32.1. The summed E-state index contributed by atoms with van der Waals surface area (Å²) in [6.45, 7) is 5.76. The molecule has 6 heteroatoms. The molecule has 1 aliphatic rings. The average molecular weight is 398 g/mol. The number of carbonyl (C=O) groups is 1. The second kappa shape index (κ2) is 8.33. The van der Waals surface area contributed by atoms with Crippen molar-refractivity contribution in [1.29, 1.82) is 0 Å². The number of nitrogens with zero attached hydrogens (tertiary/aromatic N) is 2. The Morgan fingerprint density at radius 2 is 2.00 bits per heavy atom. The van der Waals surface area contributed by atoms with Crippen LogP contribution in [0.25, 0.3) is 0 Å². The molecule has 0 atom stereocenters. The van der Waals surface area contributed by atoms with Gasteiger partial charge in [0.25, 0.3) is 5.91 Å². The van der Waals surface area contributed by atoms with Gasteiger partial charge in [-0.3, -0.25) is 9.69 Å². The SMILES string of the molecule is Cc1ccsc1CN1CCc2nc(C(=O)NCc3ccccc3)sc2CC1. The van der Waals surface area contributed by atoms with Crippen molar-refractivity contribution in [2.24, 2.45) is 0 Å². The Labute approximate surface area is 167 Å². The number of thiazole rings is 1. The zero-order valence-electron chi connectivity index (χ0n) is 15.4. The molecule has 0 saturated heterocycles. The molecule has 0 radical (unpaired) electrons. The molecule has 4 nitrogen and oxygen atoms in total. The average Bonchev–Trinajstić information content (AvgIpc) is 3.24. The Morgan fingerprint density at radius 3 is 2.78 bits per heavy atom. The molecule has 1 amide bonds. The maximum absolute atomic E-state index is 12.5. The van der Waals surface area contributed by atoms with E-state index in [4.69, 9.17) is 0 Å². The van der Waals surface area contributed by atoms with Gasteiger partial charge in [-0.05, 0) is 35.9 Å². The molecule has 140 valence electrons. The Kier molecular flexibility index (Phi) is 5.66. The lowest BCUT2D eigenvalue weighted by Crippen LogP contribution is -2.26. The Hall–Kier alpha value is -2.02. The largest absolute Gasteiger partial charge is 0.346 e. The molecule has 4 rings (SSSR count). The standard InChI is InChI=1S/C21H23N3OS2/c1-15-9-12-26-19(15)14-24-10-7-17-18(8-11-24)27-21(23-17)20(25)22-13-16-5-3-2-4-6-16/h2-6,9,12H,7-8,10-11,13-14H2,1H3,(H,22,25). The number of fused-ring (bicyclic) bond motifs is 1. The normalized spacial score (nSPS) is 14.6. The summed E-state index contributed by atoms with van der Waals surface area (Å²) in [4.78, 5) is 22.3. The number of amides is 1. The zero-order valence-corrected chi connectivity index (χ0v) is 17.0. The molecule has 0 fully saturated rings. The van der Waals surface area contributed by atoms with Crippen molar-refractivity contribution >= 4 is 28.6 Å². The Balaban J connectivity index is 1.35. The van der Waals surface area contributed by atoms with Crippen molar-refractivity contribution < 1.29 is 4.79 Å². The van der Waals surface area contributed by atoms with Crippen LogP contribution in [0, 0.1) is 6.92 Å². The monoisotopic (exact) mass is 397 g/mol. The minimum Gasteiger partial charge on any atom is -0.346 e. The first-order valence-corrected chi connectivity index (χ1v) is 10.9. The van der Waals surface area contributed by atoms with Gasteiger partial charge < -0.3 is 5.32 Å². The number of benzene rings is 1. The Morgan fingerprint density at radius 1 is 1.19 bits per heavy atom. The minimum atomic E-state index is -0.0667. The smallest absolute Gasteiger partial charge is 0.280 e. The van der Waals surface area contributed by atoms with Crippen LogP contribution in [0.15, 0.2) is 41.8 Å². The Bertz CT molecular complexity index is 891. The number of aromatic nitrogens is 1. The van der Waals surface area contributed by atoms with Crippen LogP contribution >= 0.6 is 22.7 Å². The van der Waals surface area contributed by atoms with E-state index in [1.54, 1.807) is 11.3 Å². The molecule has 0 saturated carbocycles. The molecule has 2 aromatic heterocycles. The van der Waals surface area contributed by atoms with Crippen molar-refractivity contribution in [2.75, 3.05) is 13.1 Å². The summed E-state index contributed by atoms with van der Waals surface area (Å²) in [6, 6.07) is 12.2. The van der Waals surface area contributed by atoms with Gasteiger partial charge in [0.1, 0.15) is 0 Å². The molecular weight excluding hydrogens is 374 g/mol. The summed E-state index contributed by atoms with van der Waals surface area (Å²) in [5.41, 5.74) is 3.59. The van der Waals surface area contributed by atoms with E-state index < -0.39 is 0 Å². The number of rotatable bonds is 5. The first-order chi connectivity index (χ1) is 13.2. The molecule has 0 unspecified atom stereocenters. The van der Waals surface area contributed by atoms with Gasteiger partial charge in [-0.2, -0.15) is 0 Å². The van der Waals surface area contributed by atoms with Gasteiger partial charge in [-0.15, -0.1) is 22.7 Å². The third-order valence-corrected chi connectivity index (χ3v) is 7.09. The van der Waals surface area contributed by atoms with Crippen LogP contribution in [0.1, 0.15) is 36.4 Å². The van der Waals surface area contributed by atoms with Crippen molar-refractivity contribution in [1.82, 2.24) is 15.2 Å². The molecule has 1 aromatic carbocycles. The third-order valence-electron chi connectivity index (χ3n) is 4.92. The lowest BCUT2D eigenvalue weighted by atomic mass is 10.2. The van der Waals surface area contributed by atoms with Crippen molar-refractivity contribution in [3.8, 4) is 0 Å². The zero-order chi connectivity index (χ0) is 18.6. The van der Waals surface area contributed by atoms with E-state index in [0.29, 0.717) is 11.6 Å². The highest BCUT2D eigenvalue weighted by Gasteiger charge is 2.21. The summed E-state index contributed by atoms with van der Waals surface area (Å²) in [6.07, 6.45) is 1.89. The van der Waals surface area contributed by atoms with E-state index in [1.807, 2.05) is 41.7 Å². The van der Waals surface area contributed by atoms with Gasteiger partial charge in [0.05, 0.1) is 5.69 Å². The number of hydrogen-bond donors (Lipinski definition) is 1. The summed E-state index contributed by atoms with van der Waals surface area (Å²) < 4.78 is 0. The predicted molar refractivity (Wildman–Crippen MR) is 111 cm³/mol. The maximum atomic E-state index is 12.5. The van der Waals surface area contributed by atoms with Crippen LogP contribution in [-0.2, 0) is 25.9 Å². The van der Waals surface area contributed by atoms with Crippen LogP contribution in [-0.4, -0.2) is 28.9 Å². The first-order valence-electron chi connectivity index (χ1n) is 9.25. The van der Waals surface area contributed by atoms with E-state index >= 15 is 0 Å². The molecule has 0 aliphatic carbocycles. The highest BCUT2D eigenvalue weighted by molar-refractivity contribution is 7.13. The lowest BCUT2D eigenvalue weighted by Gasteiger charge is -2.19. The third kappa shape index (κ3) is 4.46. The highest BCUT2D eigenvalue weighted by Crippen LogP contribution is 2.25. The molecule has 3 heterocycles. The van der Waals surface area contributed by atoms with Crippen molar-refractivity contribution in [3.63, 3.8) is 0 Å². The molecule has 3 aromatic rings. The topological polar surface area (TPSA) is 45.2 Å². The molecule has 0 bridgehead atoms. The number of hydrogen-bond acceptors (Lipinski definition) is 5. The van der Waals surface area contributed by atoms with E-state index in [2.05, 4.69) is 33.6 Å². The first kappa shape index (κ1) is 18.3. The van der Waals surface area contributed by atoms with Crippen LogP contribution in [0.3, 0.4) is 0 Å². The van der Waals surface area contributed by atoms with Gasteiger partial charge in [0.2, 0.25) is 0 Å². The predicted octanol–water partition coefficient (Wildman–Crippen LogP) is 4.04. The molecular formula is C21H23N3OS2. The quantitative estimate of drug-likeness (QED) is 0.707. The van der Waals surface area contributed by atoms with Gasteiger partial charge in [-0.1, -0.05) is 30.3 Å². The summed E-state index contributed by atoms with van der Waals surface area (Å²) >= 11 is 3.40. The number of carbonyl (C=O) groups excluding carboxylic acids is 1. The number of thiophene rings is 1. The van der Waals surface area contributed by atoms with E-state index in [1.165, 1.54) is 15.3 Å². The van der Waals surface area contributed by atoms with Crippen molar-refractivity contribution in [3.05, 3.63) is 73.4 Å². The van der Waals surface area contributed by atoms with Gasteiger partial charge >= 0.3 is 0 Å². The summed E-state index contributed by atoms with van der Waals surface area (Å²) in [7, 11) is 0. The lowest BCUT2D eigenvalue weighted by molar-refractivity contribution is 0.0950. The fourth-order valence-corrected chi connectivity index (χ4v) is 5.25. The van der Waals surface area contributed by atoms with E-state index in [9.17, 15) is 4.79 Å². The van der Waals surface area contributed by atoms with Gasteiger partial charge in [-0.25, -0.2) is 4.98 Å². The fourth-order valence-electron chi connectivity index (χ4n) is 3.29. The fraction of sp³-hybridized carbons (Fsp3) is 0.333.